The Bertz CT molecular complexity index is 190. The molecule has 2 rings (SSSR count). The van der Waals surface area contributed by atoms with E-state index in [1.54, 1.807) is 0 Å². The summed E-state index contributed by atoms with van der Waals surface area (Å²) >= 11 is 0. The second-order valence-electron chi connectivity index (χ2n) is 5.58. The monoisotopic (exact) mass is 255 g/mol. The van der Waals surface area contributed by atoms with Gasteiger partial charge in [-0.2, -0.15) is 0 Å². The minimum Gasteiger partial charge on any atom is -0.306 e. The van der Waals surface area contributed by atoms with E-state index in [2.05, 4.69) is 28.8 Å². The lowest BCUT2D eigenvalue weighted by atomic mass is 10.0. The normalized spacial score (nSPS) is 26.0. The SMILES string of the molecule is CC.CN1CCCN(C2CCN(C)CC2)CCC1. The number of piperidine rings is 1. The second-order valence-corrected chi connectivity index (χ2v) is 5.58. The molecule has 2 fully saturated rings. The molecule has 18 heavy (non-hydrogen) atoms. The quantitative estimate of drug-likeness (QED) is 0.711. The molecule has 0 saturated carbocycles. The number of rotatable bonds is 1. The topological polar surface area (TPSA) is 9.72 Å². The number of hydrogen-bond donors (Lipinski definition) is 0. The molecule has 0 bridgehead atoms. The second kappa shape index (κ2) is 8.89. The maximum Gasteiger partial charge on any atom is 0.0120 e. The number of hydrogen-bond acceptors (Lipinski definition) is 3. The molecule has 0 unspecified atom stereocenters. The standard InChI is InChI=1S/C13H27N3.C2H6/c1-14-7-3-9-16(10-4-8-14)13-5-11-15(2)12-6-13;1-2/h13H,3-12H2,1-2H3;1-2H3. The summed E-state index contributed by atoms with van der Waals surface area (Å²) in [6.07, 6.45) is 5.46. The van der Waals surface area contributed by atoms with E-state index in [9.17, 15) is 0 Å². The van der Waals surface area contributed by atoms with Gasteiger partial charge in [0.05, 0.1) is 0 Å². The van der Waals surface area contributed by atoms with Crippen LogP contribution in [-0.2, 0) is 0 Å². The van der Waals surface area contributed by atoms with Gasteiger partial charge in [-0.05, 0) is 79.0 Å². The highest BCUT2D eigenvalue weighted by atomic mass is 15.2. The van der Waals surface area contributed by atoms with Crippen molar-refractivity contribution in [3.8, 4) is 0 Å². The molecule has 0 aromatic rings. The summed E-state index contributed by atoms with van der Waals surface area (Å²) in [6.45, 7) is 11.8. The van der Waals surface area contributed by atoms with E-state index in [0.717, 1.165) is 6.04 Å². The highest BCUT2D eigenvalue weighted by molar-refractivity contribution is 4.79. The minimum atomic E-state index is 0.875. The molecule has 2 heterocycles. The maximum atomic E-state index is 2.76. The first-order valence-electron chi connectivity index (χ1n) is 7.87. The summed E-state index contributed by atoms with van der Waals surface area (Å²) in [7, 11) is 4.50. The molecule has 2 aliphatic heterocycles. The summed E-state index contributed by atoms with van der Waals surface area (Å²) in [6, 6.07) is 0.875. The lowest BCUT2D eigenvalue weighted by Crippen LogP contribution is -2.46. The smallest absolute Gasteiger partial charge is 0.0120 e. The van der Waals surface area contributed by atoms with E-state index in [4.69, 9.17) is 0 Å². The van der Waals surface area contributed by atoms with Gasteiger partial charge in [0.1, 0.15) is 0 Å². The molecule has 0 aromatic heterocycles. The highest BCUT2D eigenvalue weighted by Crippen LogP contribution is 2.17. The Kier molecular flexibility index (Phi) is 7.87. The lowest BCUT2D eigenvalue weighted by Gasteiger charge is -2.39. The molecule has 2 saturated heterocycles. The van der Waals surface area contributed by atoms with E-state index >= 15 is 0 Å². The summed E-state index contributed by atoms with van der Waals surface area (Å²) < 4.78 is 0. The Morgan fingerprint density at radius 2 is 1.11 bits per heavy atom. The van der Waals surface area contributed by atoms with Crippen molar-refractivity contribution in [3.05, 3.63) is 0 Å². The van der Waals surface area contributed by atoms with Crippen LogP contribution in [-0.4, -0.2) is 74.1 Å². The van der Waals surface area contributed by atoms with Gasteiger partial charge in [0.25, 0.3) is 0 Å². The van der Waals surface area contributed by atoms with Crippen LogP contribution in [0.25, 0.3) is 0 Å². The first-order chi connectivity index (χ1) is 8.75. The van der Waals surface area contributed by atoms with Crippen LogP contribution in [0.4, 0.5) is 0 Å². The van der Waals surface area contributed by atoms with Crippen molar-refractivity contribution in [3.63, 3.8) is 0 Å². The third kappa shape index (κ3) is 5.25. The maximum absolute atomic E-state index is 2.76. The average Bonchev–Trinajstić information content (AvgIpc) is 2.37. The summed E-state index contributed by atoms with van der Waals surface area (Å²) in [5, 5.41) is 0. The Balaban J connectivity index is 0.000000771. The molecule has 3 heteroatoms. The van der Waals surface area contributed by atoms with Gasteiger partial charge in [-0.3, -0.25) is 0 Å². The van der Waals surface area contributed by atoms with Crippen LogP contribution in [0.2, 0.25) is 0 Å². The van der Waals surface area contributed by atoms with Crippen molar-refractivity contribution in [1.82, 2.24) is 14.7 Å². The van der Waals surface area contributed by atoms with Crippen molar-refractivity contribution in [2.45, 2.75) is 45.6 Å². The van der Waals surface area contributed by atoms with Gasteiger partial charge >= 0.3 is 0 Å². The molecule has 0 amide bonds. The number of nitrogens with zero attached hydrogens (tertiary/aromatic N) is 3. The molecule has 0 radical (unpaired) electrons. The van der Waals surface area contributed by atoms with Crippen LogP contribution in [0.5, 0.6) is 0 Å². The summed E-state index contributed by atoms with van der Waals surface area (Å²) in [5.74, 6) is 0. The van der Waals surface area contributed by atoms with Gasteiger partial charge in [-0.25, -0.2) is 0 Å². The molecule has 2 aliphatic rings. The van der Waals surface area contributed by atoms with Crippen LogP contribution in [0.15, 0.2) is 0 Å². The molecule has 3 nitrogen and oxygen atoms in total. The Labute approximate surface area is 114 Å². The van der Waals surface area contributed by atoms with Gasteiger partial charge in [0.15, 0.2) is 0 Å². The molecular weight excluding hydrogens is 222 g/mol. The lowest BCUT2D eigenvalue weighted by molar-refractivity contribution is 0.102. The Hall–Kier alpha value is -0.120. The predicted molar refractivity (Wildman–Crippen MR) is 80.2 cm³/mol. The van der Waals surface area contributed by atoms with Crippen molar-refractivity contribution < 1.29 is 0 Å². The fourth-order valence-corrected chi connectivity index (χ4v) is 3.04. The van der Waals surface area contributed by atoms with E-state index in [0.29, 0.717) is 0 Å². The Morgan fingerprint density at radius 3 is 1.61 bits per heavy atom. The van der Waals surface area contributed by atoms with Gasteiger partial charge in [0.2, 0.25) is 0 Å². The van der Waals surface area contributed by atoms with Crippen LogP contribution >= 0.6 is 0 Å². The molecule has 0 spiro atoms. The Morgan fingerprint density at radius 1 is 0.667 bits per heavy atom. The predicted octanol–water partition coefficient (Wildman–Crippen LogP) is 2.13. The summed E-state index contributed by atoms with van der Waals surface area (Å²) in [4.78, 5) is 7.71. The fourth-order valence-electron chi connectivity index (χ4n) is 3.04. The average molecular weight is 255 g/mol. The molecular formula is C15H33N3. The van der Waals surface area contributed by atoms with Crippen molar-refractivity contribution in [1.29, 1.82) is 0 Å². The van der Waals surface area contributed by atoms with Crippen molar-refractivity contribution >= 4 is 0 Å². The van der Waals surface area contributed by atoms with Crippen LogP contribution in [0.3, 0.4) is 0 Å². The van der Waals surface area contributed by atoms with Gasteiger partial charge in [-0.15, -0.1) is 0 Å². The van der Waals surface area contributed by atoms with Crippen LogP contribution in [0.1, 0.15) is 39.5 Å². The van der Waals surface area contributed by atoms with Crippen LogP contribution < -0.4 is 0 Å². The van der Waals surface area contributed by atoms with Gasteiger partial charge in [0, 0.05) is 6.04 Å². The molecule has 108 valence electrons. The summed E-state index contributed by atoms with van der Waals surface area (Å²) in [5.41, 5.74) is 0. The molecule has 0 atom stereocenters. The van der Waals surface area contributed by atoms with E-state index < -0.39 is 0 Å². The van der Waals surface area contributed by atoms with Gasteiger partial charge < -0.3 is 14.7 Å². The zero-order valence-electron chi connectivity index (χ0n) is 13.0. The first kappa shape index (κ1) is 15.9. The largest absolute Gasteiger partial charge is 0.306 e. The van der Waals surface area contributed by atoms with Crippen LogP contribution in [0, 0.1) is 0 Å². The van der Waals surface area contributed by atoms with Gasteiger partial charge in [-0.1, -0.05) is 13.8 Å². The third-order valence-electron chi connectivity index (χ3n) is 4.17. The zero-order valence-corrected chi connectivity index (χ0v) is 13.0. The molecule has 0 aromatic carbocycles. The first-order valence-corrected chi connectivity index (χ1v) is 7.87. The van der Waals surface area contributed by atoms with E-state index in [-0.39, 0.29) is 0 Å². The minimum absolute atomic E-state index is 0.875. The highest BCUT2D eigenvalue weighted by Gasteiger charge is 2.23. The number of likely N-dealkylation sites (tertiary alicyclic amines) is 1. The van der Waals surface area contributed by atoms with Crippen molar-refractivity contribution in [2.24, 2.45) is 0 Å². The molecule has 0 N–H and O–H groups in total. The zero-order chi connectivity index (χ0) is 13.4. The molecule has 0 aliphatic carbocycles. The van der Waals surface area contributed by atoms with E-state index in [1.165, 1.54) is 65.0 Å². The fraction of sp³-hybridized carbons (Fsp3) is 1.00. The van der Waals surface area contributed by atoms with E-state index in [1.807, 2.05) is 13.8 Å². The third-order valence-corrected chi connectivity index (χ3v) is 4.17. The van der Waals surface area contributed by atoms with Crippen molar-refractivity contribution in [2.75, 3.05) is 53.4 Å².